The monoisotopic (exact) mass is 243 g/mol. The van der Waals surface area contributed by atoms with Crippen molar-refractivity contribution in [2.45, 2.75) is 19.4 Å². The van der Waals surface area contributed by atoms with Crippen molar-refractivity contribution < 1.29 is 4.79 Å². The van der Waals surface area contributed by atoms with Crippen LogP contribution in [0.3, 0.4) is 0 Å². The van der Waals surface area contributed by atoms with Gasteiger partial charge in [0.05, 0.1) is 23.5 Å². The molecule has 0 aliphatic rings. The van der Waals surface area contributed by atoms with Crippen molar-refractivity contribution in [2.24, 2.45) is 5.84 Å². The van der Waals surface area contributed by atoms with Crippen LogP contribution >= 0.6 is 0 Å². The number of hydrogen-bond acceptors (Lipinski definition) is 4. The number of fused-ring (bicyclic) bond motifs is 1. The third-order valence-electron chi connectivity index (χ3n) is 2.82. The zero-order chi connectivity index (χ0) is 13.1. The van der Waals surface area contributed by atoms with Gasteiger partial charge in [-0.2, -0.15) is 5.26 Å². The molecule has 6 heteroatoms. The van der Waals surface area contributed by atoms with E-state index in [1.165, 1.54) is 0 Å². The van der Waals surface area contributed by atoms with Gasteiger partial charge in [0.15, 0.2) is 0 Å². The molecule has 0 bridgehead atoms. The van der Waals surface area contributed by atoms with Crippen molar-refractivity contribution in [2.75, 3.05) is 0 Å². The predicted octanol–water partition coefficient (Wildman–Crippen LogP) is 0.653. The smallest absolute Gasteiger partial charge is 0.256 e. The van der Waals surface area contributed by atoms with Crippen LogP contribution in [0.4, 0.5) is 0 Å². The molecule has 92 valence electrons. The van der Waals surface area contributed by atoms with E-state index in [0.717, 1.165) is 11.0 Å². The van der Waals surface area contributed by atoms with Crippen molar-refractivity contribution in [1.82, 2.24) is 15.0 Å². The van der Waals surface area contributed by atoms with E-state index in [1.54, 1.807) is 11.5 Å². The second-order valence-corrected chi connectivity index (χ2v) is 3.91. The zero-order valence-electron chi connectivity index (χ0n) is 9.92. The van der Waals surface area contributed by atoms with Crippen LogP contribution in [0, 0.1) is 11.3 Å². The molecule has 3 N–H and O–H groups in total. The van der Waals surface area contributed by atoms with Gasteiger partial charge < -0.3 is 4.57 Å². The van der Waals surface area contributed by atoms with Crippen LogP contribution in [0.5, 0.6) is 0 Å². The molecule has 0 saturated heterocycles. The fraction of sp³-hybridized carbons (Fsp3) is 0.250. The fourth-order valence-corrected chi connectivity index (χ4v) is 1.96. The van der Waals surface area contributed by atoms with Gasteiger partial charge in [0.25, 0.3) is 5.91 Å². The number of aromatic nitrogens is 2. The molecule has 2 aromatic rings. The lowest BCUT2D eigenvalue weighted by molar-refractivity contribution is -0.123. The molecule has 1 amide bonds. The van der Waals surface area contributed by atoms with E-state index in [4.69, 9.17) is 11.1 Å². The first kappa shape index (κ1) is 12.1. The highest BCUT2D eigenvalue weighted by Crippen LogP contribution is 2.21. The third-order valence-corrected chi connectivity index (χ3v) is 2.82. The van der Waals surface area contributed by atoms with E-state index < -0.39 is 6.04 Å². The fourth-order valence-electron chi connectivity index (χ4n) is 1.96. The van der Waals surface area contributed by atoms with E-state index in [2.05, 4.69) is 16.5 Å². The normalized spacial score (nSPS) is 12.1. The van der Waals surface area contributed by atoms with Crippen molar-refractivity contribution in [3.05, 3.63) is 30.1 Å². The second kappa shape index (κ2) is 4.85. The van der Waals surface area contributed by atoms with Crippen molar-refractivity contribution in [3.63, 3.8) is 0 Å². The highest BCUT2D eigenvalue weighted by atomic mass is 16.2. The molecule has 1 heterocycles. The van der Waals surface area contributed by atoms with Gasteiger partial charge in [0.1, 0.15) is 11.9 Å². The molecule has 0 fully saturated rings. The number of para-hydroxylation sites is 2. The summed E-state index contributed by atoms with van der Waals surface area (Å²) >= 11 is 0. The number of nitrogens with one attached hydrogen (secondary N) is 1. The van der Waals surface area contributed by atoms with Gasteiger partial charge in [-0.3, -0.25) is 10.2 Å². The summed E-state index contributed by atoms with van der Waals surface area (Å²) in [6.45, 7) is 1.72. The molecule has 2 rings (SSSR count). The number of hydrazine groups is 1. The molecule has 1 atom stereocenters. The number of rotatable bonds is 3. The zero-order valence-corrected chi connectivity index (χ0v) is 9.92. The maximum Gasteiger partial charge on any atom is 0.256 e. The van der Waals surface area contributed by atoms with Crippen LogP contribution in [0.2, 0.25) is 0 Å². The molecule has 1 aromatic carbocycles. The van der Waals surface area contributed by atoms with Crippen LogP contribution in [0.25, 0.3) is 11.0 Å². The number of amides is 1. The Labute approximate surface area is 104 Å². The van der Waals surface area contributed by atoms with Crippen LogP contribution < -0.4 is 11.3 Å². The number of nitrogens with two attached hydrogens (primary N) is 1. The number of carbonyl (C=O) groups is 1. The van der Waals surface area contributed by atoms with Crippen LogP contribution in [0.15, 0.2) is 24.3 Å². The predicted molar refractivity (Wildman–Crippen MR) is 66.1 cm³/mol. The van der Waals surface area contributed by atoms with Crippen molar-refractivity contribution >= 4 is 16.9 Å². The van der Waals surface area contributed by atoms with Gasteiger partial charge in [0.2, 0.25) is 0 Å². The quantitative estimate of drug-likeness (QED) is 0.470. The summed E-state index contributed by atoms with van der Waals surface area (Å²) in [5.41, 5.74) is 3.70. The van der Waals surface area contributed by atoms with Crippen molar-refractivity contribution in [3.8, 4) is 6.07 Å². The topological polar surface area (TPSA) is 96.7 Å². The second-order valence-electron chi connectivity index (χ2n) is 3.91. The standard InChI is InChI=1S/C12H13N5O/c1-8(12(18)16-14)17-10-5-3-2-4-9(10)15-11(17)6-7-13/h2-5,8H,6,14H2,1H3,(H,16,18). The Morgan fingerprint density at radius 3 is 3.00 bits per heavy atom. The number of hydrogen-bond donors (Lipinski definition) is 2. The van der Waals surface area contributed by atoms with Gasteiger partial charge in [-0.25, -0.2) is 10.8 Å². The lowest BCUT2D eigenvalue weighted by Crippen LogP contribution is -2.36. The summed E-state index contributed by atoms with van der Waals surface area (Å²) < 4.78 is 1.74. The number of benzene rings is 1. The van der Waals surface area contributed by atoms with E-state index in [9.17, 15) is 4.79 Å². The Balaban J connectivity index is 2.62. The minimum atomic E-state index is -0.509. The molecule has 0 spiro atoms. The molecule has 0 aliphatic carbocycles. The number of nitrogens with zero attached hydrogens (tertiary/aromatic N) is 3. The van der Waals surface area contributed by atoms with Gasteiger partial charge in [-0.05, 0) is 19.1 Å². The van der Waals surface area contributed by atoms with Gasteiger partial charge in [-0.15, -0.1) is 0 Å². The van der Waals surface area contributed by atoms with Gasteiger partial charge >= 0.3 is 0 Å². The summed E-state index contributed by atoms with van der Waals surface area (Å²) in [7, 11) is 0. The average Bonchev–Trinajstić information content (AvgIpc) is 2.75. The molecule has 18 heavy (non-hydrogen) atoms. The molecule has 0 radical (unpaired) electrons. The highest BCUT2D eigenvalue weighted by Gasteiger charge is 2.20. The molecular weight excluding hydrogens is 230 g/mol. The minimum Gasteiger partial charge on any atom is -0.315 e. The Morgan fingerprint density at radius 2 is 2.33 bits per heavy atom. The van der Waals surface area contributed by atoms with Crippen LogP contribution in [0.1, 0.15) is 18.8 Å². The molecule has 1 aromatic heterocycles. The van der Waals surface area contributed by atoms with E-state index in [-0.39, 0.29) is 12.3 Å². The Bertz CT molecular complexity index is 625. The molecular formula is C12H13N5O. The SMILES string of the molecule is CC(C(=O)NN)n1c(CC#N)nc2ccccc21. The molecule has 1 unspecified atom stereocenters. The van der Waals surface area contributed by atoms with Crippen molar-refractivity contribution in [1.29, 1.82) is 5.26 Å². The van der Waals surface area contributed by atoms with E-state index in [0.29, 0.717) is 5.82 Å². The highest BCUT2D eigenvalue weighted by molar-refractivity contribution is 5.83. The Hall–Kier alpha value is -2.39. The summed E-state index contributed by atoms with van der Waals surface area (Å²) in [5, 5.41) is 8.82. The largest absolute Gasteiger partial charge is 0.315 e. The van der Waals surface area contributed by atoms with Gasteiger partial charge in [-0.1, -0.05) is 12.1 Å². The first-order valence-corrected chi connectivity index (χ1v) is 5.52. The molecule has 0 saturated carbocycles. The summed E-state index contributed by atoms with van der Waals surface area (Å²) in [5.74, 6) is 5.39. The molecule has 6 nitrogen and oxygen atoms in total. The Morgan fingerprint density at radius 1 is 1.61 bits per heavy atom. The lowest BCUT2D eigenvalue weighted by Gasteiger charge is -2.14. The van der Waals surface area contributed by atoms with E-state index in [1.807, 2.05) is 24.3 Å². The maximum absolute atomic E-state index is 11.6. The third kappa shape index (κ3) is 1.92. The van der Waals surface area contributed by atoms with Gasteiger partial charge in [0, 0.05) is 0 Å². The maximum atomic E-state index is 11.6. The first-order valence-electron chi connectivity index (χ1n) is 5.52. The van der Waals surface area contributed by atoms with E-state index >= 15 is 0 Å². The number of nitriles is 1. The minimum absolute atomic E-state index is 0.150. The summed E-state index contributed by atoms with van der Waals surface area (Å²) in [4.78, 5) is 16.0. The Kier molecular flexibility index (Phi) is 3.26. The lowest BCUT2D eigenvalue weighted by atomic mass is 10.2. The van der Waals surface area contributed by atoms with Crippen LogP contribution in [-0.2, 0) is 11.2 Å². The first-order chi connectivity index (χ1) is 8.69. The average molecular weight is 243 g/mol. The molecule has 0 aliphatic heterocycles. The number of imidazole rings is 1. The van der Waals surface area contributed by atoms with Crippen LogP contribution in [-0.4, -0.2) is 15.5 Å². The summed E-state index contributed by atoms with van der Waals surface area (Å²) in [6, 6.07) is 8.98. The number of carbonyl (C=O) groups excluding carboxylic acids is 1. The summed E-state index contributed by atoms with van der Waals surface area (Å²) in [6.07, 6.45) is 0.150.